The van der Waals surface area contributed by atoms with Gasteiger partial charge in [0.15, 0.2) is 0 Å². The number of para-hydroxylation sites is 1. The first kappa shape index (κ1) is 20.5. The zero-order valence-corrected chi connectivity index (χ0v) is 18.1. The van der Waals surface area contributed by atoms with Gasteiger partial charge < -0.3 is 10.1 Å². The molecule has 0 amide bonds. The number of likely N-dealkylation sites (tertiary alicyclic amines) is 1. The largest absolute Gasteiger partial charge is 0.496 e. The van der Waals surface area contributed by atoms with Crippen LogP contribution in [0.5, 0.6) is 5.75 Å². The topological polar surface area (TPSA) is 24.5 Å². The van der Waals surface area contributed by atoms with Crippen LogP contribution in [0.1, 0.15) is 30.9 Å². The SMILES string of the molecule is COc1ccccc1-c1ccc(CNc2ccc(CN3CCC(C)CC3)cc2)cc1. The monoisotopic (exact) mass is 400 g/mol. The second kappa shape index (κ2) is 9.82. The molecule has 3 aromatic rings. The van der Waals surface area contributed by atoms with Crippen molar-refractivity contribution < 1.29 is 4.74 Å². The molecule has 0 atom stereocenters. The van der Waals surface area contributed by atoms with Crippen molar-refractivity contribution in [2.75, 3.05) is 25.5 Å². The molecule has 1 N–H and O–H groups in total. The highest BCUT2D eigenvalue weighted by atomic mass is 16.5. The normalized spacial score (nSPS) is 15.1. The lowest BCUT2D eigenvalue weighted by Crippen LogP contribution is -2.32. The fourth-order valence-corrected chi connectivity index (χ4v) is 4.10. The number of anilines is 1. The molecule has 1 saturated heterocycles. The molecule has 0 spiro atoms. The van der Waals surface area contributed by atoms with Crippen LogP contribution in [-0.2, 0) is 13.1 Å². The van der Waals surface area contributed by atoms with Gasteiger partial charge in [-0.1, -0.05) is 61.5 Å². The molecule has 1 fully saturated rings. The Morgan fingerprint density at radius 1 is 0.867 bits per heavy atom. The number of rotatable bonds is 7. The van der Waals surface area contributed by atoms with E-state index in [1.54, 1.807) is 7.11 Å². The minimum Gasteiger partial charge on any atom is -0.496 e. The van der Waals surface area contributed by atoms with E-state index in [1.165, 1.54) is 48.3 Å². The molecular weight excluding hydrogens is 368 g/mol. The van der Waals surface area contributed by atoms with Gasteiger partial charge >= 0.3 is 0 Å². The summed E-state index contributed by atoms with van der Waals surface area (Å²) in [5.41, 5.74) is 6.13. The molecule has 1 aliphatic heterocycles. The molecule has 0 radical (unpaired) electrons. The summed E-state index contributed by atoms with van der Waals surface area (Å²) in [5.74, 6) is 1.79. The van der Waals surface area contributed by atoms with E-state index in [1.807, 2.05) is 18.2 Å². The van der Waals surface area contributed by atoms with E-state index in [2.05, 4.69) is 71.7 Å². The number of nitrogens with zero attached hydrogens (tertiary/aromatic N) is 1. The molecule has 0 bridgehead atoms. The van der Waals surface area contributed by atoms with Crippen molar-refractivity contribution in [1.82, 2.24) is 4.90 Å². The lowest BCUT2D eigenvalue weighted by Gasteiger charge is -2.30. The molecule has 30 heavy (non-hydrogen) atoms. The van der Waals surface area contributed by atoms with E-state index in [0.717, 1.165) is 30.3 Å². The molecule has 4 rings (SSSR count). The molecule has 1 aliphatic rings. The second-order valence-electron chi connectivity index (χ2n) is 8.41. The minimum absolute atomic E-state index is 0.815. The summed E-state index contributed by atoms with van der Waals surface area (Å²) in [6.07, 6.45) is 2.66. The van der Waals surface area contributed by atoms with Gasteiger partial charge in [-0.3, -0.25) is 4.90 Å². The summed E-state index contributed by atoms with van der Waals surface area (Å²) in [6, 6.07) is 25.7. The Labute approximate surface area is 180 Å². The summed E-state index contributed by atoms with van der Waals surface area (Å²) < 4.78 is 5.48. The fourth-order valence-electron chi connectivity index (χ4n) is 4.10. The van der Waals surface area contributed by atoms with Crippen molar-refractivity contribution in [1.29, 1.82) is 0 Å². The smallest absolute Gasteiger partial charge is 0.126 e. The lowest BCUT2D eigenvalue weighted by atomic mass is 9.99. The van der Waals surface area contributed by atoms with Crippen molar-refractivity contribution >= 4 is 5.69 Å². The van der Waals surface area contributed by atoms with Gasteiger partial charge in [-0.25, -0.2) is 0 Å². The Balaban J connectivity index is 1.31. The summed E-state index contributed by atoms with van der Waals surface area (Å²) in [7, 11) is 1.72. The van der Waals surface area contributed by atoms with Gasteiger partial charge in [0.1, 0.15) is 5.75 Å². The van der Waals surface area contributed by atoms with Crippen LogP contribution < -0.4 is 10.1 Å². The Morgan fingerprint density at radius 3 is 2.23 bits per heavy atom. The van der Waals surface area contributed by atoms with Crippen molar-refractivity contribution in [3.63, 3.8) is 0 Å². The molecule has 156 valence electrons. The fraction of sp³-hybridized carbons (Fsp3) is 0.333. The first-order valence-corrected chi connectivity index (χ1v) is 11.0. The Kier molecular flexibility index (Phi) is 6.70. The number of hydrogen-bond acceptors (Lipinski definition) is 3. The Hall–Kier alpha value is -2.78. The molecule has 0 aromatic heterocycles. The van der Waals surface area contributed by atoms with Crippen LogP contribution >= 0.6 is 0 Å². The molecule has 3 heteroatoms. The number of ether oxygens (including phenoxy) is 1. The third-order valence-electron chi connectivity index (χ3n) is 6.10. The van der Waals surface area contributed by atoms with Crippen molar-refractivity contribution in [2.24, 2.45) is 5.92 Å². The zero-order chi connectivity index (χ0) is 20.8. The Morgan fingerprint density at radius 2 is 1.53 bits per heavy atom. The van der Waals surface area contributed by atoms with E-state index in [0.29, 0.717) is 0 Å². The summed E-state index contributed by atoms with van der Waals surface area (Å²) in [4.78, 5) is 2.58. The van der Waals surface area contributed by atoms with Crippen LogP contribution in [0.2, 0.25) is 0 Å². The summed E-state index contributed by atoms with van der Waals surface area (Å²) >= 11 is 0. The molecule has 0 aliphatic carbocycles. The number of piperidine rings is 1. The lowest BCUT2D eigenvalue weighted by molar-refractivity contribution is 0.185. The minimum atomic E-state index is 0.815. The van der Waals surface area contributed by atoms with Crippen LogP contribution in [0.25, 0.3) is 11.1 Å². The van der Waals surface area contributed by atoms with Gasteiger partial charge in [-0.2, -0.15) is 0 Å². The van der Waals surface area contributed by atoms with Gasteiger partial charge in [0.25, 0.3) is 0 Å². The van der Waals surface area contributed by atoms with E-state index < -0.39 is 0 Å². The van der Waals surface area contributed by atoms with E-state index in [-0.39, 0.29) is 0 Å². The average Bonchev–Trinajstić information content (AvgIpc) is 2.80. The van der Waals surface area contributed by atoms with Gasteiger partial charge in [0, 0.05) is 24.3 Å². The standard InChI is InChI=1S/C27H32N2O/c1-21-15-17-29(18-16-21)20-23-9-13-25(14-10-23)28-19-22-7-11-24(12-8-22)26-5-3-4-6-27(26)30-2/h3-14,21,28H,15-20H2,1-2H3. The highest BCUT2D eigenvalue weighted by Crippen LogP contribution is 2.29. The molecule has 0 saturated carbocycles. The maximum Gasteiger partial charge on any atom is 0.126 e. The zero-order valence-electron chi connectivity index (χ0n) is 18.1. The van der Waals surface area contributed by atoms with Crippen molar-refractivity contribution in [2.45, 2.75) is 32.9 Å². The van der Waals surface area contributed by atoms with Crippen LogP contribution in [0.15, 0.2) is 72.8 Å². The maximum absolute atomic E-state index is 5.48. The molecule has 0 unspecified atom stereocenters. The molecular formula is C27H32N2O. The molecule has 3 aromatic carbocycles. The van der Waals surface area contributed by atoms with Crippen molar-refractivity contribution in [3.05, 3.63) is 83.9 Å². The third-order valence-corrected chi connectivity index (χ3v) is 6.10. The van der Waals surface area contributed by atoms with E-state index >= 15 is 0 Å². The highest BCUT2D eigenvalue weighted by Gasteiger charge is 2.15. The predicted octanol–water partition coefficient (Wildman–Crippen LogP) is 6.21. The predicted molar refractivity (Wildman–Crippen MR) is 126 cm³/mol. The van der Waals surface area contributed by atoms with E-state index in [4.69, 9.17) is 4.74 Å². The van der Waals surface area contributed by atoms with Crippen LogP contribution in [-0.4, -0.2) is 25.1 Å². The summed E-state index contributed by atoms with van der Waals surface area (Å²) in [5, 5.41) is 3.54. The van der Waals surface area contributed by atoms with Gasteiger partial charge in [-0.15, -0.1) is 0 Å². The van der Waals surface area contributed by atoms with Crippen LogP contribution in [0, 0.1) is 5.92 Å². The summed E-state index contributed by atoms with van der Waals surface area (Å²) in [6.45, 7) is 6.70. The Bertz CT molecular complexity index is 926. The second-order valence-corrected chi connectivity index (χ2v) is 8.41. The van der Waals surface area contributed by atoms with Crippen LogP contribution in [0.4, 0.5) is 5.69 Å². The molecule has 1 heterocycles. The van der Waals surface area contributed by atoms with E-state index in [9.17, 15) is 0 Å². The van der Waals surface area contributed by atoms with Crippen LogP contribution in [0.3, 0.4) is 0 Å². The number of benzene rings is 3. The average molecular weight is 401 g/mol. The quantitative estimate of drug-likeness (QED) is 0.510. The van der Waals surface area contributed by atoms with Gasteiger partial charge in [0.2, 0.25) is 0 Å². The number of methoxy groups -OCH3 is 1. The van der Waals surface area contributed by atoms with Gasteiger partial charge in [-0.05, 0) is 66.7 Å². The third kappa shape index (κ3) is 5.22. The first-order chi connectivity index (χ1) is 14.7. The number of nitrogens with one attached hydrogen (secondary N) is 1. The molecule has 3 nitrogen and oxygen atoms in total. The maximum atomic E-state index is 5.48. The van der Waals surface area contributed by atoms with Gasteiger partial charge in [0.05, 0.1) is 7.11 Å². The van der Waals surface area contributed by atoms with Crippen molar-refractivity contribution in [3.8, 4) is 16.9 Å². The number of hydrogen-bond donors (Lipinski definition) is 1. The first-order valence-electron chi connectivity index (χ1n) is 11.0. The highest BCUT2D eigenvalue weighted by molar-refractivity contribution is 5.70.